The van der Waals surface area contributed by atoms with Gasteiger partial charge in [0.2, 0.25) is 16.0 Å². The van der Waals surface area contributed by atoms with Crippen LogP contribution in [0.25, 0.3) is 11.1 Å². The third kappa shape index (κ3) is 4.33. The van der Waals surface area contributed by atoms with Gasteiger partial charge in [-0.15, -0.1) is 0 Å². The largest absolute Gasteiger partial charge is 0.338 e. The number of rotatable bonds is 5. The van der Waals surface area contributed by atoms with Crippen molar-refractivity contribution in [3.63, 3.8) is 0 Å². The predicted octanol–water partition coefficient (Wildman–Crippen LogP) is 2.08. The average Bonchev–Trinajstić information content (AvgIpc) is 2.84. The number of aromatic nitrogens is 2. The highest BCUT2D eigenvalue weighted by Gasteiger charge is 2.29. The van der Waals surface area contributed by atoms with Crippen LogP contribution in [0.5, 0.6) is 0 Å². The molecular weight excluding hydrogens is 430 g/mol. The van der Waals surface area contributed by atoms with Crippen LogP contribution in [0.3, 0.4) is 0 Å². The normalized spacial score (nSPS) is 14.9. The zero-order chi connectivity index (χ0) is 22.7. The molecule has 166 valence electrons. The van der Waals surface area contributed by atoms with Crippen molar-refractivity contribution in [2.24, 2.45) is 0 Å². The first kappa shape index (κ1) is 21.9. The van der Waals surface area contributed by atoms with Gasteiger partial charge in [-0.2, -0.15) is 4.31 Å². The smallest absolute Gasteiger partial charge is 0.277 e. The second kappa shape index (κ2) is 9.03. The van der Waals surface area contributed by atoms with Gasteiger partial charge in [0.25, 0.3) is 5.91 Å². The molecule has 0 aliphatic carbocycles. The van der Waals surface area contributed by atoms with E-state index in [4.69, 9.17) is 5.21 Å². The lowest BCUT2D eigenvalue weighted by Crippen LogP contribution is -2.49. The van der Waals surface area contributed by atoms with Crippen molar-refractivity contribution in [1.82, 2.24) is 19.8 Å². The van der Waals surface area contributed by atoms with Gasteiger partial charge >= 0.3 is 0 Å². The third-order valence-corrected chi connectivity index (χ3v) is 7.38. The number of piperazine rings is 1. The number of carbonyl (C=O) groups is 1. The zero-order valence-corrected chi connectivity index (χ0v) is 18.3. The Morgan fingerprint density at radius 2 is 1.59 bits per heavy atom. The van der Waals surface area contributed by atoms with E-state index in [2.05, 4.69) is 9.97 Å². The van der Waals surface area contributed by atoms with Gasteiger partial charge in [0.15, 0.2) is 0 Å². The quantitative estimate of drug-likeness (QED) is 0.449. The van der Waals surface area contributed by atoms with Crippen LogP contribution in [0.15, 0.2) is 65.8 Å². The van der Waals surface area contributed by atoms with Crippen molar-refractivity contribution in [3.8, 4) is 11.1 Å². The second-order valence-electron chi connectivity index (χ2n) is 7.44. The standard InChI is InChI=1S/C22H23N5O4S/c1-16-4-2-3-5-20(16)17-6-8-19(9-7-17)32(30,31)27-12-10-26(11-13-27)22-23-14-18(15-24-22)21(28)25-29/h2-9,14-15,29H,10-13H2,1H3,(H,25,28). The Labute approximate surface area is 186 Å². The molecule has 1 aliphatic rings. The van der Waals surface area contributed by atoms with E-state index < -0.39 is 15.9 Å². The summed E-state index contributed by atoms with van der Waals surface area (Å²) in [4.78, 5) is 21.8. The fourth-order valence-electron chi connectivity index (χ4n) is 3.65. The van der Waals surface area contributed by atoms with E-state index in [0.29, 0.717) is 32.1 Å². The van der Waals surface area contributed by atoms with Crippen LogP contribution in [-0.2, 0) is 10.0 Å². The molecule has 10 heteroatoms. The molecule has 1 amide bonds. The summed E-state index contributed by atoms with van der Waals surface area (Å²) in [5.74, 6) is -0.292. The molecule has 3 aromatic rings. The molecule has 0 atom stereocenters. The zero-order valence-electron chi connectivity index (χ0n) is 17.5. The van der Waals surface area contributed by atoms with Crippen molar-refractivity contribution < 1.29 is 18.4 Å². The summed E-state index contributed by atoms with van der Waals surface area (Å²) in [7, 11) is -3.61. The number of hydrogen-bond acceptors (Lipinski definition) is 7. The molecule has 1 aromatic heterocycles. The van der Waals surface area contributed by atoms with Crippen LogP contribution in [0.1, 0.15) is 15.9 Å². The van der Waals surface area contributed by atoms with Gasteiger partial charge in [0, 0.05) is 38.6 Å². The second-order valence-corrected chi connectivity index (χ2v) is 9.38. The number of nitrogens with zero attached hydrogens (tertiary/aromatic N) is 4. The first-order valence-electron chi connectivity index (χ1n) is 10.1. The Kier molecular flexibility index (Phi) is 6.17. The molecule has 0 bridgehead atoms. The molecule has 2 N–H and O–H groups in total. The van der Waals surface area contributed by atoms with Crippen LogP contribution in [0.2, 0.25) is 0 Å². The average molecular weight is 454 g/mol. The number of aryl methyl sites for hydroxylation is 1. The fourth-order valence-corrected chi connectivity index (χ4v) is 5.07. The summed E-state index contributed by atoms with van der Waals surface area (Å²) in [6.07, 6.45) is 2.63. The van der Waals surface area contributed by atoms with Crippen LogP contribution in [-0.4, -0.2) is 60.0 Å². The maximum atomic E-state index is 13.1. The molecular formula is C22H23N5O4S. The first-order chi connectivity index (χ1) is 15.4. The number of sulfonamides is 1. The van der Waals surface area contributed by atoms with Crippen molar-refractivity contribution in [2.75, 3.05) is 31.1 Å². The Bertz CT molecular complexity index is 1210. The van der Waals surface area contributed by atoms with Gasteiger partial charge in [-0.1, -0.05) is 36.4 Å². The maximum absolute atomic E-state index is 13.1. The number of anilines is 1. The molecule has 0 spiro atoms. The van der Waals surface area contributed by atoms with Gasteiger partial charge in [0.05, 0.1) is 10.5 Å². The third-order valence-electron chi connectivity index (χ3n) is 5.47. The summed E-state index contributed by atoms with van der Waals surface area (Å²) >= 11 is 0. The molecule has 1 saturated heterocycles. The number of carbonyl (C=O) groups excluding carboxylic acids is 1. The molecule has 32 heavy (non-hydrogen) atoms. The molecule has 0 unspecified atom stereocenters. The van der Waals surface area contributed by atoms with E-state index >= 15 is 0 Å². The number of hydroxylamine groups is 1. The Balaban J connectivity index is 1.44. The van der Waals surface area contributed by atoms with Crippen LogP contribution >= 0.6 is 0 Å². The SMILES string of the molecule is Cc1ccccc1-c1ccc(S(=O)(=O)N2CCN(c3ncc(C(=O)NO)cn3)CC2)cc1. The number of hydrogen-bond donors (Lipinski definition) is 2. The van der Waals surface area contributed by atoms with Gasteiger partial charge in [-0.25, -0.2) is 23.9 Å². The minimum absolute atomic E-state index is 0.131. The maximum Gasteiger partial charge on any atom is 0.277 e. The molecule has 4 rings (SSSR count). The van der Waals surface area contributed by atoms with E-state index in [9.17, 15) is 13.2 Å². The molecule has 0 radical (unpaired) electrons. The number of amides is 1. The molecule has 1 fully saturated rings. The van der Waals surface area contributed by atoms with Crippen molar-refractivity contribution in [3.05, 3.63) is 72.1 Å². The van der Waals surface area contributed by atoms with Gasteiger partial charge in [-0.05, 0) is 35.7 Å². The van der Waals surface area contributed by atoms with Gasteiger partial charge in [0.1, 0.15) is 0 Å². The van der Waals surface area contributed by atoms with E-state index in [1.807, 2.05) is 48.2 Å². The molecule has 2 heterocycles. The summed E-state index contributed by atoms with van der Waals surface area (Å²) in [6.45, 7) is 3.46. The summed E-state index contributed by atoms with van der Waals surface area (Å²) in [5, 5.41) is 8.66. The lowest BCUT2D eigenvalue weighted by Gasteiger charge is -2.34. The Morgan fingerprint density at radius 3 is 2.19 bits per heavy atom. The molecule has 2 aromatic carbocycles. The van der Waals surface area contributed by atoms with Crippen molar-refractivity contribution >= 4 is 21.9 Å². The summed E-state index contributed by atoms with van der Waals surface area (Å²) in [5.41, 5.74) is 4.84. The van der Waals surface area contributed by atoms with Crippen LogP contribution in [0, 0.1) is 6.92 Å². The predicted molar refractivity (Wildman–Crippen MR) is 119 cm³/mol. The molecule has 9 nitrogen and oxygen atoms in total. The highest BCUT2D eigenvalue weighted by molar-refractivity contribution is 7.89. The van der Waals surface area contributed by atoms with E-state index in [0.717, 1.165) is 16.7 Å². The highest BCUT2D eigenvalue weighted by Crippen LogP contribution is 2.26. The van der Waals surface area contributed by atoms with E-state index in [-0.39, 0.29) is 10.5 Å². The highest BCUT2D eigenvalue weighted by atomic mass is 32.2. The van der Waals surface area contributed by atoms with Crippen molar-refractivity contribution in [1.29, 1.82) is 0 Å². The topological polar surface area (TPSA) is 116 Å². The monoisotopic (exact) mass is 453 g/mol. The lowest BCUT2D eigenvalue weighted by atomic mass is 10.0. The van der Waals surface area contributed by atoms with Gasteiger partial charge in [-0.3, -0.25) is 10.0 Å². The van der Waals surface area contributed by atoms with E-state index in [1.54, 1.807) is 12.1 Å². The molecule has 1 aliphatic heterocycles. The Hall–Kier alpha value is -3.34. The number of benzene rings is 2. The van der Waals surface area contributed by atoms with Crippen LogP contribution < -0.4 is 10.4 Å². The number of nitrogens with one attached hydrogen (secondary N) is 1. The first-order valence-corrected chi connectivity index (χ1v) is 11.5. The van der Waals surface area contributed by atoms with Gasteiger partial charge < -0.3 is 4.90 Å². The summed E-state index contributed by atoms with van der Waals surface area (Å²) in [6, 6.07) is 15.0. The van der Waals surface area contributed by atoms with Crippen LogP contribution in [0.4, 0.5) is 5.95 Å². The summed E-state index contributed by atoms with van der Waals surface area (Å²) < 4.78 is 27.7. The lowest BCUT2D eigenvalue weighted by molar-refractivity contribution is 0.0705. The van der Waals surface area contributed by atoms with E-state index in [1.165, 1.54) is 22.2 Å². The Morgan fingerprint density at radius 1 is 0.969 bits per heavy atom. The minimum atomic E-state index is -3.61. The molecule has 0 saturated carbocycles. The fraction of sp³-hybridized carbons (Fsp3) is 0.227. The minimum Gasteiger partial charge on any atom is -0.338 e. The van der Waals surface area contributed by atoms with Crippen molar-refractivity contribution in [2.45, 2.75) is 11.8 Å².